The first kappa shape index (κ1) is 24.0. The number of hydrogen-bond acceptors (Lipinski definition) is 7. The van der Waals surface area contributed by atoms with Crippen molar-refractivity contribution in [2.45, 2.75) is 95.0 Å². The molecule has 0 heterocycles. The number of carbonyl (C=O) groups excluding carboxylic acids is 1. The number of allylic oxidation sites excluding steroid dienone is 1. The summed E-state index contributed by atoms with van der Waals surface area (Å²) in [6.45, 7) is 3.86. The van der Waals surface area contributed by atoms with Crippen molar-refractivity contribution in [2.75, 3.05) is 6.54 Å². The van der Waals surface area contributed by atoms with Gasteiger partial charge in [0.15, 0.2) is 0 Å². The second-order valence-electron chi connectivity index (χ2n) is 7.28. The van der Waals surface area contributed by atoms with Gasteiger partial charge in [0.05, 0.1) is 24.4 Å². The zero-order chi connectivity index (χ0) is 20.4. The third kappa shape index (κ3) is 8.25. The van der Waals surface area contributed by atoms with Crippen molar-refractivity contribution in [3.8, 4) is 0 Å². The number of hydrogen-bond donors (Lipinski definition) is 7. The molecule has 7 N–H and O–H groups in total. The number of aliphatic hydroxyl groups excluding tert-OH is 5. The van der Waals surface area contributed by atoms with Gasteiger partial charge in [-0.2, -0.15) is 0 Å². The van der Waals surface area contributed by atoms with E-state index >= 15 is 0 Å². The highest BCUT2D eigenvalue weighted by Gasteiger charge is 2.32. The predicted octanol–water partition coefficient (Wildman–Crippen LogP) is -0.816. The molecule has 0 radical (unpaired) electrons. The van der Waals surface area contributed by atoms with E-state index in [1.807, 2.05) is 13.8 Å². The van der Waals surface area contributed by atoms with E-state index in [0.717, 1.165) is 0 Å². The fraction of sp³-hybridized carbons (Fsp3) is 0.842. The molecule has 0 aromatic heterocycles. The Bertz CT molecular complexity index is 461. The van der Waals surface area contributed by atoms with Crippen LogP contribution >= 0.6 is 0 Å². The molecule has 1 amide bonds. The van der Waals surface area contributed by atoms with E-state index in [2.05, 4.69) is 10.6 Å². The lowest BCUT2D eigenvalue weighted by molar-refractivity contribution is -0.123. The molecular formula is C19H36N2O6. The summed E-state index contributed by atoms with van der Waals surface area (Å²) in [5.41, 5.74) is 0. The number of amides is 1. The van der Waals surface area contributed by atoms with Crippen LogP contribution in [-0.4, -0.2) is 80.6 Å². The van der Waals surface area contributed by atoms with Crippen molar-refractivity contribution in [1.29, 1.82) is 0 Å². The molecule has 8 heteroatoms. The Morgan fingerprint density at radius 2 is 1.89 bits per heavy atom. The average Bonchev–Trinajstić information content (AvgIpc) is 2.64. The van der Waals surface area contributed by atoms with Gasteiger partial charge in [-0.25, -0.2) is 0 Å². The molecule has 0 fully saturated rings. The van der Waals surface area contributed by atoms with Crippen molar-refractivity contribution in [3.05, 3.63) is 12.2 Å². The maximum absolute atomic E-state index is 12.0. The van der Waals surface area contributed by atoms with Crippen LogP contribution in [0.15, 0.2) is 12.2 Å². The first-order valence-electron chi connectivity index (χ1n) is 9.89. The monoisotopic (exact) mass is 388 g/mol. The van der Waals surface area contributed by atoms with E-state index in [1.54, 1.807) is 6.08 Å². The van der Waals surface area contributed by atoms with Crippen molar-refractivity contribution in [2.24, 2.45) is 0 Å². The summed E-state index contributed by atoms with van der Waals surface area (Å²) in [6, 6.07) is -1.14. The van der Waals surface area contributed by atoms with E-state index in [9.17, 15) is 30.3 Å². The van der Waals surface area contributed by atoms with E-state index in [1.165, 1.54) is 6.08 Å². The minimum atomic E-state index is -1.32. The molecule has 158 valence electrons. The fourth-order valence-electron chi connectivity index (χ4n) is 3.14. The highest BCUT2D eigenvalue weighted by atomic mass is 16.4. The highest BCUT2D eigenvalue weighted by molar-refractivity contribution is 5.76. The lowest BCUT2D eigenvalue weighted by Crippen LogP contribution is -2.56. The first-order valence-corrected chi connectivity index (χ1v) is 9.89. The molecule has 7 atom stereocenters. The van der Waals surface area contributed by atoms with Crippen LogP contribution in [-0.2, 0) is 4.79 Å². The lowest BCUT2D eigenvalue weighted by atomic mass is 9.93. The first-order chi connectivity index (χ1) is 12.8. The Morgan fingerprint density at radius 1 is 1.19 bits per heavy atom. The van der Waals surface area contributed by atoms with Gasteiger partial charge in [-0.05, 0) is 25.7 Å². The average molecular weight is 389 g/mol. The van der Waals surface area contributed by atoms with Crippen LogP contribution < -0.4 is 10.6 Å². The highest BCUT2D eigenvalue weighted by Crippen LogP contribution is 2.15. The van der Waals surface area contributed by atoms with Crippen LogP contribution in [0.25, 0.3) is 0 Å². The molecule has 1 aliphatic carbocycles. The minimum absolute atomic E-state index is 0.131. The van der Waals surface area contributed by atoms with Gasteiger partial charge in [-0.1, -0.05) is 26.0 Å². The maximum Gasteiger partial charge on any atom is 0.220 e. The van der Waals surface area contributed by atoms with Gasteiger partial charge in [0.25, 0.3) is 0 Å². The molecule has 0 aromatic carbocycles. The molecule has 0 saturated carbocycles. The van der Waals surface area contributed by atoms with E-state index < -0.39 is 42.6 Å². The van der Waals surface area contributed by atoms with E-state index in [4.69, 9.17) is 0 Å². The van der Waals surface area contributed by atoms with Crippen molar-refractivity contribution < 1.29 is 30.3 Å². The largest absolute Gasteiger partial charge is 0.393 e. The van der Waals surface area contributed by atoms with Gasteiger partial charge < -0.3 is 36.2 Å². The third-order valence-corrected chi connectivity index (χ3v) is 4.96. The zero-order valence-electron chi connectivity index (χ0n) is 16.3. The van der Waals surface area contributed by atoms with Crippen molar-refractivity contribution in [3.63, 3.8) is 0 Å². The van der Waals surface area contributed by atoms with E-state index in [-0.39, 0.29) is 18.9 Å². The smallest absolute Gasteiger partial charge is 0.220 e. The summed E-state index contributed by atoms with van der Waals surface area (Å²) in [5, 5.41) is 56.3. The molecule has 7 unspecified atom stereocenters. The molecule has 27 heavy (non-hydrogen) atoms. The van der Waals surface area contributed by atoms with Gasteiger partial charge in [-0.3, -0.25) is 4.79 Å². The molecule has 1 aliphatic rings. The topological polar surface area (TPSA) is 142 Å². The van der Waals surface area contributed by atoms with Gasteiger partial charge in [-0.15, -0.1) is 0 Å². The zero-order valence-corrected chi connectivity index (χ0v) is 16.3. The van der Waals surface area contributed by atoms with Crippen LogP contribution in [0, 0.1) is 0 Å². The SMILES string of the molecule is CCCC(=O)NC(CNC1CC/C=C\C(O)C(O)C1O)C(O)CC(O)CC. The molecule has 0 bridgehead atoms. The predicted molar refractivity (Wildman–Crippen MR) is 102 cm³/mol. The molecule has 0 saturated heterocycles. The summed E-state index contributed by atoms with van der Waals surface area (Å²) >= 11 is 0. The number of carbonyl (C=O) groups is 1. The summed E-state index contributed by atoms with van der Waals surface area (Å²) in [5.74, 6) is -0.189. The maximum atomic E-state index is 12.0. The Balaban J connectivity index is 2.74. The molecule has 0 aliphatic heterocycles. The molecular weight excluding hydrogens is 352 g/mol. The second kappa shape index (κ2) is 12.4. The summed E-state index contributed by atoms with van der Waals surface area (Å²) < 4.78 is 0. The van der Waals surface area contributed by atoms with Gasteiger partial charge >= 0.3 is 0 Å². The van der Waals surface area contributed by atoms with Crippen LogP contribution in [0.4, 0.5) is 0 Å². The third-order valence-electron chi connectivity index (χ3n) is 4.96. The van der Waals surface area contributed by atoms with E-state index in [0.29, 0.717) is 32.1 Å². The van der Waals surface area contributed by atoms with Crippen molar-refractivity contribution >= 4 is 5.91 Å². The standard InChI is InChI=1S/C19H36N2O6/c1-3-7-17(25)21-14(16(24)10-12(22)4-2)11-20-13-8-5-6-9-15(23)19(27)18(13)26/h6,9,12-16,18-20,22-24,26-27H,3-5,7-8,10-11H2,1-2H3,(H,21,25)/b9-6-. The molecule has 0 aromatic rings. The van der Waals surface area contributed by atoms with Gasteiger partial charge in [0.1, 0.15) is 12.2 Å². The lowest BCUT2D eigenvalue weighted by Gasteiger charge is -2.33. The Labute approximate surface area is 161 Å². The molecule has 0 spiro atoms. The number of rotatable bonds is 10. The fourth-order valence-corrected chi connectivity index (χ4v) is 3.14. The van der Waals surface area contributed by atoms with Crippen molar-refractivity contribution in [1.82, 2.24) is 10.6 Å². The Hall–Kier alpha value is -1.03. The normalized spacial score (nSPS) is 30.6. The minimum Gasteiger partial charge on any atom is -0.393 e. The summed E-state index contributed by atoms with van der Waals surface area (Å²) in [6.07, 6.45) is 0.740. The van der Waals surface area contributed by atoms with Gasteiger partial charge in [0.2, 0.25) is 5.91 Å². The Kier molecular flexibility index (Phi) is 11.1. The van der Waals surface area contributed by atoms with Crippen LogP contribution in [0.5, 0.6) is 0 Å². The molecule has 8 nitrogen and oxygen atoms in total. The van der Waals surface area contributed by atoms with Crippen LogP contribution in [0.1, 0.15) is 52.4 Å². The second-order valence-corrected chi connectivity index (χ2v) is 7.28. The van der Waals surface area contributed by atoms with Crippen LogP contribution in [0.3, 0.4) is 0 Å². The summed E-state index contributed by atoms with van der Waals surface area (Å²) in [7, 11) is 0. The van der Waals surface area contributed by atoms with Crippen LogP contribution in [0.2, 0.25) is 0 Å². The quantitative estimate of drug-likeness (QED) is 0.243. The number of nitrogens with one attached hydrogen (secondary N) is 2. The Morgan fingerprint density at radius 3 is 2.52 bits per heavy atom. The number of aliphatic hydroxyl groups is 5. The van der Waals surface area contributed by atoms with Gasteiger partial charge in [0, 0.05) is 25.4 Å². The molecule has 1 rings (SSSR count). The summed E-state index contributed by atoms with van der Waals surface area (Å²) in [4.78, 5) is 12.0.